The third kappa shape index (κ3) is 3.98. The number of nitrogens with one attached hydrogen (secondary N) is 1. The van der Waals surface area contributed by atoms with Gasteiger partial charge in [0.2, 0.25) is 0 Å². The average molecular weight is 278 g/mol. The van der Waals surface area contributed by atoms with Crippen molar-refractivity contribution >= 4 is 17.7 Å². The first-order valence-corrected chi connectivity index (χ1v) is 6.91. The lowest BCUT2D eigenvalue weighted by Crippen LogP contribution is -2.38. The number of carboxylic acids is 1. The van der Waals surface area contributed by atoms with Crippen molar-refractivity contribution in [2.45, 2.75) is 33.6 Å². The zero-order chi connectivity index (χ0) is 15.1. The fourth-order valence-corrected chi connectivity index (χ4v) is 2.08. The van der Waals surface area contributed by atoms with Crippen molar-refractivity contribution in [1.29, 1.82) is 0 Å². The summed E-state index contributed by atoms with van der Waals surface area (Å²) in [5.74, 6) is -1.01. The van der Waals surface area contributed by atoms with Gasteiger partial charge < -0.3 is 15.3 Å². The van der Waals surface area contributed by atoms with Gasteiger partial charge in [-0.15, -0.1) is 0 Å². The number of aliphatic carboxylic acids is 1. The van der Waals surface area contributed by atoms with E-state index in [0.29, 0.717) is 6.54 Å². The maximum absolute atomic E-state index is 12.2. The number of amides is 2. The minimum atomic E-state index is -1.01. The van der Waals surface area contributed by atoms with Gasteiger partial charge in [-0.25, -0.2) is 4.79 Å². The summed E-state index contributed by atoms with van der Waals surface area (Å²) in [5, 5.41) is 11.7. The lowest BCUT2D eigenvalue weighted by Gasteiger charge is -2.21. The highest BCUT2D eigenvalue weighted by molar-refractivity contribution is 5.92. The molecule has 0 aliphatic carbocycles. The predicted octanol–water partition coefficient (Wildman–Crippen LogP) is 2.75. The SMILES string of the molecule is CCc1cccc(CC)c1NC(=O)N(CC)CC(=O)O. The van der Waals surface area contributed by atoms with E-state index in [1.807, 2.05) is 32.0 Å². The first-order chi connectivity index (χ1) is 9.53. The molecule has 0 heterocycles. The number of likely N-dealkylation sites (N-methyl/N-ethyl adjacent to an activating group) is 1. The largest absolute Gasteiger partial charge is 0.480 e. The van der Waals surface area contributed by atoms with Crippen molar-refractivity contribution in [2.24, 2.45) is 0 Å². The maximum atomic E-state index is 12.2. The Kier molecular flexibility index (Phi) is 6.03. The quantitative estimate of drug-likeness (QED) is 0.840. The van der Waals surface area contributed by atoms with Gasteiger partial charge in [0.15, 0.2) is 0 Å². The Morgan fingerprint density at radius 1 is 1.15 bits per heavy atom. The molecule has 1 aromatic rings. The van der Waals surface area contributed by atoms with Gasteiger partial charge in [0.05, 0.1) is 0 Å². The van der Waals surface area contributed by atoms with Gasteiger partial charge in [0.1, 0.15) is 6.54 Å². The molecule has 0 aliphatic rings. The Labute approximate surface area is 119 Å². The van der Waals surface area contributed by atoms with E-state index in [4.69, 9.17) is 5.11 Å². The average Bonchev–Trinajstić information content (AvgIpc) is 2.44. The summed E-state index contributed by atoms with van der Waals surface area (Å²) in [7, 11) is 0. The van der Waals surface area contributed by atoms with Crippen LogP contribution in [-0.2, 0) is 17.6 Å². The van der Waals surface area contributed by atoms with E-state index < -0.39 is 5.97 Å². The maximum Gasteiger partial charge on any atom is 0.323 e. The molecule has 5 nitrogen and oxygen atoms in total. The summed E-state index contributed by atoms with van der Waals surface area (Å²) in [6.07, 6.45) is 1.63. The molecule has 2 N–H and O–H groups in total. The van der Waals surface area contributed by atoms with E-state index >= 15 is 0 Å². The Morgan fingerprint density at radius 3 is 2.10 bits per heavy atom. The van der Waals surface area contributed by atoms with Gasteiger partial charge >= 0.3 is 12.0 Å². The second kappa shape index (κ2) is 7.53. The number of benzene rings is 1. The number of rotatable bonds is 6. The lowest BCUT2D eigenvalue weighted by molar-refractivity contribution is -0.137. The normalized spacial score (nSPS) is 10.2. The fourth-order valence-electron chi connectivity index (χ4n) is 2.08. The van der Waals surface area contributed by atoms with Gasteiger partial charge in [0, 0.05) is 12.2 Å². The number of hydrogen-bond donors (Lipinski definition) is 2. The zero-order valence-corrected chi connectivity index (χ0v) is 12.3. The molecule has 0 saturated carbocycles. The number of hydrogen-bond acceptors (Lipinski definition) is 2. The Hall–Kier alpha value is -2.04. The molecule has 0 radical (unpaired) electrons. The molecule has 2 amide bonds. The minimum absolute atomic E-state index is 0.294. The summed E-state index contributed by atoms with van der Waals surface area (Å²) in [5.41, 5.74) is 2.93. The van der Waals surface area contributed by atoms with Crippen LogP contribution in [0, 0.1) is 0 Å². The van der Waals surface area contributed by atoms with E-state index in [1.165, 1.54) is 4.90 Å². The third-order valence-electron chi connectivity index (χ3n) is 3.23. The summed E-state index contributed by atoms with van der Waals surface area (Å²) in [4.78, 5) is 24.2. The van der Waals surface area contributed by atoms with Crippen molar-refractivity contribution in [1.82, 2.24) is 4.90 Å². The van der Waals surface area contributed by atoms with Crippen molar-refractivity contribution in [3.05, 3.63) is 29.3 Å². The van der Waals surface area contributed by atoms with Crippen LogP contribution in [0.1, 0.15) is 31.9 Å². The number of para-hydroxylation sites is 1. The molecule has 20 heavy (non-hydrogen) atoms. The number of urea groups is 1. The van der Waals surface area contributed by atoms with Crippen LogP contribution in [-0.4, -0.2) is 35.1 Å². The van der Waals surface area contributed by atoms with Gasteiger partial charge in [-0.05, 0) is 30.9 Å². The molecule has 1 rings (SSSR count). The second-order valence-corrected chi connectivity index (χ2v) is 4.50. The van der Waals surface area contributed by atoms with Crippen LogP contribution in [0.15, 0.2) is 18.2 Å². The van der Waals surface area contributed by atoms with E-state index in [2.05, 4.69) is 5.32 Å². The van der Waals surface area contributed by atoms with Crippen LogP contribution >= 0.6 is 0 Å². The molecule has 110 valence electrons. The van der Waals surface area contributed by atoms with Crippen molar-refractivity contribution in [2.75, 3.05) is 18.4 Å². The molecule has 0 saturated heterocycles. The summed E-state index contributed by atoms with van der Waals surface area (Å²) in [6, 6.07) is 5.55. The number of carbonyl (C=O) groups excluding carboxylic acids is 1. The summed E-state index contributed by atoms with van der Waals surface area (Å²) >= 11 is 0. The summed E-state index contributed by atoms with van der Waals surface area (Å²) < 4.78 is 0. The van der Waals surface area contributed by atoms with Crippen LogP contribution in [0.2, 0.25) is 0 Å². The highest BCUT2D eigenvalue weighted by Gasteiger charge is 2.17. The lowest BCUT2D eigenvalue weighted by atomic mass is 10.0. The van der Waals surface area contributed by atoms with E-state index in [9.17, 15) is 9.59 Å². The smallest absolute Gasteiger partial charge is 0.323 e. The Balaban J connectivity index is 2.96. The number of nitrogens with zero attached hydrogens (tertiary/aromatic N) is 1. The first kappa shape index (κ1) is 16.0. The number of carboxylic acid groups (broad SMARTS) is 1. The van der Waals surface area contributed by atoms with Crippen molar-refractivity contribution in [3.8, 4) is 0 Å². The number of aryl methyl sites for hydroxylation is 2. The van der Waals surface area contributed by atoms with Gasteiger partial charge in [-0.1, -0.05) is 32.0 Å². The molecule has 5 heteroatoms. The Morgan fingerprint density at radius 2 is 1.70 bits per heavy atom. The molecule has 0 unspecified atom stereocenters. The van der Waals surface area contributed by atoms with Gasteiger partial charge in [0.25, 0.3) is 0 Å². The van der Waals surface area contributed by atoms with Crippen molar-refractivity contribution in [3.63, 3.8) is 0 Å². The summed E-state index contributed by atoms with van der Waals surface area (Å²) in [6.45, 7) is 5.87. The second-order valence-electron chi connectivity index (χ2n) is 4.50. The minimum Gasteiger partial charge on any atom is -0.480 e. The van der Waals surface area contributed by atoms with Crippen LogP contribution in [0.5, 0.6) is 0 Å². The van der Waals surface area contributed by atoms with Crippen LogP contribution in [0.4, 0.5) is 10.5 Å². The monoisotopic (exact) mass is 278 g/mol. The Bertz CT molecular complexity index is 464. The number of anilines is 1. The topological polar surface area (TPSA) is 69.6 Å². The van der Waals surface area contributed by atoms with Crippen molar-refractivity contribution < 1.29 is 14.7 Å². The third-order valence-corrected chi connectivity index (χ3v) is 3.23. The van der Waals surface area contributed by atoms with E-state index in [0.717, 1.165) is 29.7 Å². The molecule has 0 bridgehead atoms. The molecule has 0 aromatic heterocycles. The molecule has 0 aliphatic heterocycles. The predicted molar refractivity (Wildman–Crippen MR) is 79.1 cm³/mol. The standard InChI is InChI=1S/C15H22N2O3/c1-4-11-8-7-9-12(5-2)14(11)16-15(20)17(6-3)10-13(18)19/h7-9H,4-6,10H2,1-3H3,(H,16,20)(H,18,19). The van der Waals surface area contributed by atoms with Crippen LogP contribution in [0.25, 0.3) is 0 Å². The molecular weight excluding hydrogens is 256 g/mol. The van der Waals surface area contributed by atoms with Gasteiger partial charge in [-0.2, -0.15) is 0 Å². The molecule has 0 fully saturated rings. The highest BCUT2D eigenvalue weighted by Crippen LogP contribution is 2.22. The van der Waals surface area contributed by atoms with E-state index in [1.54, 1.807) is 6.92 Å². The first-order valence-electron chi connectivity index (χ1n) is 6.91. The molecule has 0 atom stereocenters. The number of carbonyl (C=O) groups is 2. The van der Waals surface area contributed by atoms with Gasteiger partial charge in [-0.3, -0.25) is 4.79 Å². The molecule has 1 aromatic carbocycles. The molecule has 0 spiro atoms. The van der Waals surface area contributed by atoms with Crippen LogP contribution < -0.4 is 5.32 Å². The fraction of sp³-hybridized carbons (Fsp3) is 0.467. The highest BCUT2D eigenvalue weighted by atomic mass is 16.4. The van der Waals surface area contributed by atoms with E-state index in [-0.39, 0.29) is 12.6 Å². The molecular formula is C15H22N2O3. The zero-order valence-electron chi connectivity index (χ0n) is 12.3. The van der Waals surface area contributed by atoms with Crippen LogP contribution in [0.3, 0.4) is 0 Å².